The molecule has 2 nitrogen and oxygen atoms in total. The smallest absolute Gasteiger partial charge is 0.129 e. The first-order valence-electron chi connectivity index (χ1n) is 6.03. The first kappa shape index (κ1) is 11.5. The standard InChI is InChI=1S/C13H16FNOS/c14-11-4-2-1-3-10(11)12-5-7-16-13(15-12)6-8-17-9-13/h1-4,12,15H,5-9H2. The minimum absolute atomic E-state index is 0.0867. The van der Waals surface area contributed by atoms with E-state index in [2.05, 4.69) is 5.32 Å². The summed E-state index contributed by atoms with van der Waals surface area (Å²) in [5.41, 5.74) is 0.558. The maximum atomic E-state index is 13.8. The lowest BCUT2D eigenvalue weighted by atomic mass is 9.99. The average Bonchev–Trinajstić information content (AvgIpc) is 2.78. The molecule has 2 aliphatic rings. The van der Waals surface area contributed by atoms with Crippen LogP contribution in [0.4, 0.5) is 4.39 Å². The Balaban J connectivity index is 1.82. The summed E-state index contributed by atoms with van der Waals surface area (Å²) >= 11 is 1.90. The first-order chi connectivity index (χ1) is 8.29. The summed E-state index contributed by atoms with van der Waals surface area (Å²) in [6.07, 6.45) is 1.86. The third-order valence-corrected chi connectivity index (χ3v) is 4.65. The molecule has 2 fully saturated rings. The van der Waals surface area contributed by atoms with Crippen molar-refractivity contribution in [3.05, 3.63) is 35.6 Å². The fraction of sp³-hybridized carbons (Fsp3) is 0.538. The summed E-state index contributed by atoms with van der Waals surface area (Å²) in [6, 6.07) is 7.12. The predicted octanol–water partition coefficient (Wildman–Crippen LogP) is 2.71. The topological polar surface area (TPSA) is 21.3 Å². The van der Waals surface area contributed by atoms with Crippen LogP contribution in [0.15, 0.2) is 24.3 Å². The Morgan fingerprint density at radius 2 is 2.29 bits per heavy atom. The van der Waals surface area contributed by atoms with E-state index in [1.54, 1.807) is 6.07 Å². The van der Waals surface area contributed by atoms with Gasteiger partial charge in [0.25, 0.3) is 0 Å². The molecule has 2 heterocycles. The highest BCUT2D eigenvalue weighted by atomic mass is 32.2. The van der Waals surface area contributed by atoms with Crippen molar-refractivity contribution in [2.24, 2.45) is 0 Å². The molecule has 2 saturated heterocycles. The van der Waals surface area contributed by atoms with E-state index in [1.165, 1.54) is 6.07 Å². The zero-order chi connectivity index (χ0) is 11.7. The minimum atomic E-state index is -0.212. The zero-order valence-corrected chi connectivity index (χ0v) is 10.4. The van der Waals surface area contributed by atoms with Gasteiger partial charge in [-0.1, -0.05) is 18.2 Å². The van der Waals surface area contributed by atoms with E-state index < -0.39 is 0 Å². The Bertz CT molecular complexity index is 406. The van der Waals surface area contributed by atoms with Crippen LogP contribution >= 0.6 is 11.8 Å². The molecule has 2 atom stereocenters. The van der Waals surface area contributed by atoms with Crippen LogP contribution in [0.5, 0.6) is 0 Å². The summed E-state index contributed by atoms with van der Waals surface area (Å²) in [4.78, 5) is 0. The second-order valence-corrected chi connectivity index (χ2v) is 5.76. The Kier molecular flexibility index (Phi) is 3.11. The highest BCUT2D eigenvalue weighted by Gasteiger charge is 2.40. The second kappa shape index (κ2) is 4.59. The van der Waals surface area contributed by atoms with Gasteiger partial charge in [-0.3, -0.25) is 5.32 Å². The van der Waals surface area contributed by atoms with Crippen molar-refractivity contribution in [1.29, 1.82) is 0 Å². The molecule has 1 N–H and O–H groups in total. The van der Waals surface area contributed by atoms with Gasteiger partial charge in [0.2, 0.25) is 0 Å². The van der Waals surface area contributed by atoms with Gasteiger partial charge in [0.05, 0.1) is 6.61 Å². The van der Waals surface area contributed by atoms with E-state index >= 15 is 0 Å². The first-order valence-corrected chi connectivity index (χ1v) is 7.18. The molecule has 0 aromatic heterocycles. The van der Waals surface area contributed by atoms with Crippen molar-refractivity contribution < 1.29 is 9.13 Å². The Morgan fingerprint density at radius 1 is 1.41 bits per heavy atom. The molecule has 2 unspecified atom stereocenters. The van der Waals surface area contributed by atoms with Crippen molar-refractivity contribution in [2.45, 2.75) is 24.6 Å². The molecular formula is C13H16FNOS. The molecule has 1 spiro atoms. The zero-order valence-electron chi connectivity index (χ0n) is 9.62. The molecule has 17 heavy (non-hydrogen) atoms. The lowest BCUT2D eigenvalue weighted by Gasteiger charge is -2.39. The number of nitrogens with one attached hydrogen (secondary N) is 1. The SMILES string of the molecule is Fc1ccccc1C1CCOC2(CCSC2)N1. The third-order valence-electron chi connectivity index (χ3n) is 3.49. The normalized spacial score (nSPS) is 33.1. The fourth-order valence-corrected chi connectivity index (χ4v) is 3.83. The lowest BCUT2D eigenvalue weighted by molar-refractivity contribution is -0.0928. The van der Waals surface area contributed by atoms with E-state index in [-0.39, 0.29) is 17.6 Å². The molecule has 4 heteroatoms. The molecular weight excluding hydrogens is 237 g/mol. The van der Waals surface area contributed by atoms with Gasteiger partial charge in [-0.2, -0.15) is 11.8 Å². The summed E-state index contributed by atoms with van der Waals surface area (Å²) in [5.74, 6) is 1.97. The van der Waals surface area contributed by atoms with Crippen LogP contribution in [0.2, 0.25) is 0 Å². The minimum Gasteiger partial charge on any atom is -0.360 e. The Hall–Kier alpha value is -0.580. The average molecular weight is 253 g/mol. The maximum Gasteiger partial charge on any atom is 0.129 e. The molecule has 0 saturated carbocycles. The van der Waals surface area contributed by atoms with Crippen molar-refractivity contribution in [3.63, 3.8) is 0 Å². The van der Waals surface area contributed by atoms with Gasteiger partial charge in [-0.15, -0.1) is 0 Å². The van der Waals surface area contributed by atoms with Gasteiger partial charge in [0, 0.05) is 17.4 Å². The van der Waals surface area contributed by atoms with Crippen LogP contribution < -0.4 is 5.32 Å². The quantitative estimate of drug-likeness (QED) is 0.831. The van der Waals surface area contributed by atoms with Gasteiger partial charge in [0.15, 0.2) is 0 Å². The number of thioether (sulfide) groups is 1. The highest BCUT2D eigenvalue weighted by Crippen LogP contribution is 2.36. The summed E-state index contributed by atoms with van der Waals surface area (Å²) in [7, 11) is 0. The summed E-state index contributed by atoms with van der Waals surface area (Å²) in [5, 5.41) is 3.50. The van der Waals surface area contributed by atoms with Crippen molar-refractivity contribution in [1.82, 2.24) is 5.32 Å². The van der Waals surface area contributed by atoms with E-state index in [9.17, 15) is 4.39 Å². The molecule has 0 amide bonds. The largest absolute Gasteiger partial charge is 0.360 e. The van der Waals surface area contributed by atoms with Crippen molar-refractivity contribution in [3.8, 4) is 0 Å². The number of hydrogen-bond acceptors (Lipinski definition) is 3. The van der Waals surface area contributed by atoms with Crippen LogP contribution in [0, 0.1) is 5.82 Å². The number of ether oxygens (including phenoxy) is 1. The Morgan fingerprint density at radius 3 is 3.06 bits per heavy atom. The molecule has 92 valence electrons. The van der Waals surface area contributed by atoms with Crippen molar-refractivity contribution in [2.75, 3.05) is 18.1 Å². The van der Waals surface area contributed by atoms with Crippen LogP contribution in [-0.4, -0.2) is 23.8 Å². The van der Waals surface area contributed by atoms with Gasteiger partial charge >= 0.3 is 0 Å². The summed E-state index contributed by atoms with van der Waals surface area (Å²) in [6.45, 7) is 0.715. The fourth-order valence-electron chi connectivity index (χ4n) is 2.57. The molecule has 1 aromatic carbocycles. The third kappa shape index (κ3) is 2.21. The number of rotatable bonds is 1. The highest BCUT2D eigenvalue weighted by molar-refractivity contribution is 7.99. The predicted molar refractivity (Wildman–Crippen MR) is 67.5 cm³/mol. The van der Waals surface area contributed by atoms with E-state index in [1.807, 2.05) is 23.9 Å². The second-order valence-electron chi connectivity index (χ2n) is 4.65. The van der Waals surface area contributed by atoms with Gasteiger partial charge in [-0.25, -0.2) is 4.39 Å². The molecule has 2 aliphatic heterocycles. The number of halogens is 1. The number of benzene rings is 1. The van der Waals surface area contributed by atoms with Crippen molar-refractivity contribution >= 4 is 11.8 Å². The van der Waals surface area contributed by atoms with E-state index in [4.69, 9.17) is 4.74 Å². The van der Waals surface area contributed by atoms with Crippen LogP contribution in [0.25, 0.3) is 0 Å². The molecule has 0 aliphatic carbocycles. The molecule has 0 bridgehead atoms. The molecule has 3 rings (SSSR count). The Labute approximate surface area is 105 Å². The molecule has 1 aromatic rings. The van der Waals surface area contributed by atoms with E-state index in [0.29, 0.717) is 6.61 Å². The number of hydrogen-bond donors (Lipinski definition) is 1. The van der Waals surface area contributed by atoms with Crippen LogP contribution in [0.1, 0.15) is 24.4 Å². The van der Waals surface area contributed by atoms with E-state index in [0.717, 1.165) is 29.9 Å². The molecule has 0 radical (unpaired) electrons. The van der Waals surface area contributed by atoms with Gasteiger partial charge in [0.1, 0.15) is 11.5 Å². The van der Waals surface area contributed by atoms with Gasteiger partial charge < -0.3 is 4.74 Å². The summed E-state index contributed by atoms with van der Waals surface area (Å²) < 4.78 is 19.6. The maximum absolute atomic E-state index is 13.8. The lowest BCUT2D eigenvalue weighted by Crippen LogP contribution is -2.53. The van der Waals surface area contributed by atoms with Crippen LogP contribution in [-0.2, 0) is 4.74 Å². The van der Waals surface area contributed by atoms with Gasteiger partial charge in [-0.05, 0) is 24.7 Å². The van der Waals surface area contributed by atoms with Crippen LogP contribution in [0.3, 0.4) is 0 Å². The monoisotopic (exact) mass is 253 g/mol.